The van der Waals surface area contributed by atoms with Gasteiger partial charge < -0.3 is 10.2 Å². The van der Waals surface area contributed by atoms with Crippen molar-refractivity contribution in [3.8, 4) is 0 Å². The van der Waals surface area contributed by atoms with Crippen molar-refractivity contribution in [1.82, 2.24) is 10.2 Å². The molecule has 0 fully saturated rings. The normalized spacial score (nSPS) is 13.9. The summed E-state index contributed by atoms with van der Waals surface area (Å²) in [5.74, 6) is 0.616. The second-order valence-corrected chi connectivity index (χ2v) is 5.77. The number of hydrogen-bond donors (Lipinski definition) is 1. The Morgan fingerprint density at radius 3 is 2.07 bits per heavy atom. The third kappa shape index (κ3) is 6.37. The molecule has 1 atom stereocenters. The van der Waals surface area contributed by atoms with Crippen molar-refractivity contribution in [3.05, 3.63) is 0 Å². The molecular weight excluding hydrogens is 188 g/mol. The molecule has 2 amide bonds. The average Bonchev–Trinajstić information content (AvgIpc) is 1.98. The molecule has 0 spiro atoms. The zero-order chi connectivity index (χ0) is 12.2. The van der Waals surface area contributed by atoms with E-state index < -0.39 is 0 Å². The number of nitrogens with zero attached hydrogens (tertiary/aromatic N) is 1. The van der Waals surface area contributed by atoms with Crippen LogP contribution >= 0.6 is 0 Å². The fourth-order valence-corrected chi connectivity index (χ4v) is 1.45. The molecule has 0 aromatic carbocycles. The first kappa shape index (κ1) is 14.3. The zero-order valence-electron chi connectivity index (χ0n) is 11.2. The summed E-state index contributed by atoms with van der Waals surface area (Å²) in [5, 5.41) is 2.96. The minimum Gasteiger partial charge on any atom is -0.333 e. The molecule has 0 bridgehead atoms. The molecule has 15 heavy (non-hydrogen) atoms. The summed E-state index contributed by atoms with van der Waals surface area (Å²) in [5.41, 5.74) is -0.164. The van der Waals surface area contributed by atoms with E-state index in [1.54, 1.807) is 4.90 Å². The SMILES string of the molecule is CC(C)CC(C)N(C)C(=O)NC(C)(C)C. The van der Waals surface area contributed by atoms with E-state index in [2.05, 4.69) is 26.1 Å². The van der Waals surface area contributed by atoms with Gasteiger partial charge in [-0.05, 0) is 40.0 Å². The fourth-order valence-electron chi connectivity index (χ4n) is 1.45. The first-order valence-corrected chi connectivity index (χ1v) is 5.68. The van der Waals surface area contributed by atoms with Gasteiger partial charge in [0.15, 0.2) is 0 Å². The maximum atomic E-state index is 11.8. The molecule has 3 nitrogen and oxygen atoms in total. The number of carbonyl (C=O) groups is 1. The highest BCUT2D eigenvalue weighted by Crippen LogP contribution is 2.10. The topological polar surface area (TPSA) is 32.3 Å². The number of amides is 2. The molecule has 3 heteroatoms. The first-order chi connectivity index (χ1) is 6.63. The molecule has 0 saturated carbocycles. The molecule has 0 aliphatic rings. The largest absolute Gasteiger partial charge is 0.333 e. The van der Waals surface area contributed by atoms with Gasteiger partial charge >= 0.3 is 6.03 Å². The molecule has 0 aliphatic heterocycles. The molecule has 0 radical (unpaired) electrons. The summed E-state index contributed by atoms with van der Waals surface area (Å²) in [6, 6.07) is 0.294. The molecule has 0 aromatic rings. The lowest BCUT2D eigenvalue weighted by Crippen LogP contribution is -2.49. The molecule has 1 N–H and O–H groups in total. The van der Waals surface area contributed by atoms with Crippen LogP contribution in [0.4, 0.5) is 4.79 Å². The predicted molar refractivity (Wildman–Crippen MR) is 65.0 cm³/mol. The zero-order valence-corrected chi connectivity index (χ0v) is 11.2. The van der Waals surface area contributed by atoms with Crippen LogP contribution in [-0.2, 0) is 0 Å². The molecule has 1 unspecified atom stereocenters. The second kappa shape index (κ2) is 5.38. The van der Waals surface area contributed by atoms with Gasteiger partial charge in [0, 0.05) is 18.6 Å². The number of hydrogen-bond acceptors (Lipinski definition) is 1. The van der Waals surface area contributed by atoms with E-state index in [0.29, 0.717) is 5.92 Å². The Balaban J connectivity index is 4.20. The lowest BCUT2D eigenvalue weighted by molar-refractivity contribution is 0.178. The molecular formula is C12H26N2O. The van der Waals surface area contributed by atoms with Gasteiger partial charge in [0.05, 0.1) is 0 Å². The van der Waals surface area contributed by atoms with Crippen LogP contribution in [-0.4, -0.2) is 29.6 Å². The minimum absolute atomic E-state index is 0.00986. The first-order valence-electron chi connectivity index (χ1n) is 5.68. The average molecular weight is 214 g/mol. The van der Waals surface area contributed by atoms with E-state index in [0.717, 1.165) is 6.42 Å². The number of urea groups is 1. The molecule has 0 heterocycles. The van der Waals surface area contributed by atoms with E-state index in [1.807, 2.05) is 27.8 Å². The minimum atomic E-state index is -0.164. The van der Waals surface area contributed by atoms with E-state index in [-0.39, 0.29) is 17.6 Å². The summed E-state index contributed by atoms with van der Waals surface area (Å²) in [4.78, 5) is 13.6. The number of carbonyl (C=O) groups excluding carboxylic acids is 1. The van der Waals surface area contributed by atoms with Crippen LogP contribution in [0.25, 0.3) is 0 Å². The van der Waals surface area contributed by atoms with Gasteiger partial charge in [-0.15, -0.1) is 0 Å². The van der Waals surface area contributed by atoms with E-state index in [1.165, 1.54) is 0 Å². The Hall–Kier alpha value is -0.730. The van der Waals surface area contributed by atoms with Crippen LogP contribution in [0.3, 0.4) is 0 Å². The van der Waals surface area contributed by atoms with Gasteiger partial charge in [-0.1, -0.05) is 13.8 Å². The van der Waals surface area contributed by atoms with Crippen molar-refractivity contribution < 1.29 is 4.79 Å². The summed E-state index contributed by atoms with van der Waals surface area (Å²) in [7, 11) is 1.86. The second-order valence-electron chi connectivity index (χ2n) is 5.77. The van der Waals surface area contributed by atoms with Gasteiger partial charge in [-0.25, -0.2) is 4.79 Å². The quantitative estimate of drug-likeness (QED) is 0.770. The van der Waals surface area contributed by atoms with Crippen LogP contribution in [0.2, 0.25) is 0 Å². The Kier molecular flexibility index (Phi) is 5.12. The summed E-state index contributed by atoms with van der Waals surface area (Å²) in [6.45, 7) is 12.4. The van der Waals surface area contributed by atoms with Crippen molar-refractivity contribution in [3.63, 3.8) is 0 Å². The van der Waals surface area contributed by atoms with E-state index in [4.69, 9.17) is 0 Å². The van der Waals surface area contributed by atoms with Crippen LogP contribution in [0.1, 0.15) is 48.0 Å². The Labute approximate surface area is 94.2 Å². The van der Waals surface area contributed by atoms with Gasteiger partial charge in [0.25, 0.3) is 0 Å². The van der Waals surface area contributed by atoms with Crippen LogP contribution < -0.4 is 5.32 Å². The van der Waals surface area contributed by atoms with Crippen LogP contribution in [0.15, 0.2) is 0 Å². The highest BCUT2D eigenvalue weighted by atomic mass is 16.2. The Morgan fingerprint density at radius 1 is 1.27 bits per heavy atom. The standard InChI is InChI=1S/C12H26N2O/c1-9(2)8-10(3)14(7)11(15)13-12(4,5)6/h9-10H,8H2,1-7H3,(H,13,15). The van der Waals surface area contributed by atoms with Crippen molar-refractivity contribution in [2.24, 2.45) is 5.92 Å². The maximum Gasteiger partial charge on any atom is 0.317 e. The number of nitrogens with one attached hydrogen (secondary N) is 1. The molecule has 0 aromatic heterocycles. The van der Waals surface area contributed by atoms with Crippen molar-refractivity contribution in [2.45, 2.75) is 59.5 Å². The van der Waals surface area contributed by atoms with Gasteiger partial charge in [-0.2, -0.15) is 0 Å². The highest BCUT2D eigenvalue weighted by molar-refractivity contribution is 5.74. The fraction of sp³-hybridized carbons (Fsp3) is 0.917. The van der Waals surface area contributed by atoms with E-state index >= 15 is 0 Å². The maximum absolute atomic E-state index is 11.8. The smallest absolute Gasteiger partial charge is 0.317 e. The summed E-state index contributed by atoms with van der Waals surface area (Å²) < 4.78 is 0. The summed E-state index contributed by atoms with van der Waals surface area (Å²) >= 11 is 0. The molecule has 0 rings (SSSR count). The third-order valence-electron chi connectivity index (χ3n) is 2.28. The molecule has 0 saturated heterocycles. The van der Waals surface area contributed by atoms with Crippen molar-refractivity contribution in [1.29, 1.82) is 0 Å². The Bertz CT molecular complexity index is 206. The third-order valence-corrected chi connectivity index (χ3v) is 2.28. The van der Waals surface area contributed by atoms with Crippen molar-refractivity contribution >= 4 is 6.03 Å². The van der Waals surface area contributed by atoms with Gasteiger partial charge in [0.1, 0.15) is 0 Å². The lowest BCUT2D eigenvalue weighted by Gasteiger charge is -2.30. The van der Waals surface area contributed by atoms with Crippen LogP contribution in [0.5, 0.6) is 0 Å². The molecule has 90 valence electrons. The Morgan fingerprint density at radius 2 is 1.73 bits per heavy atom. The van der Waals surface area contributed by atoms with E-state index in [9.17, 15) is 4.79 Å². The monoisotopic (exact) mass is 214 g/mol. The highest BCUT2D eigenvalue weighted by Gasteiger charge is 2.20. The van der Waals surface area contributed by atoms with Gasteiger partial charge in [-0.3, -0.25) is 0 Å². The lowest BCUT2D eigenvalue weighted by atomic mass is 10.0. The van der Waals surface area contributed by atoms with Crippen molar-refractivity contribution in [2.75, 3.05) is 7.05 Å². The predicted octanol–water partition coefficient (Wildman–Crippen LogP) is 2.86. The summed E-state index contributed by atoms with van der Waals surface area (Å²) in [6.07, 6.45) is 1.04. The van der Waals surface area contributed by atoms with Gasteiger partial charge in [0.2, 0.25) is 0 Å². The van der Waals surface area contributed by atoms with Crippen LogP contribution in [0, 0.1) is 5.92 Å². The number of rotatable bonds is 3. The molecule has 0 aliphatic carbocycles.